The predicted molar refractivity (Wildman–Crippen MR) is 130 cm³/mol. The smallest absolute Gasteiger partial charge is 0.288 e. The first-order chi connectivity index (χ1) is 15.6. The molecule has 0 aliphatic heterocycles. The number of hydrogen-bond acceptors (Lipinski definition) is 6. The summed E-state index contributed by atoms with van der Waals surface area (Å²) >= 11 is 10.9. The minimum atomic E-state index is -3.62. The molecule has 2 aromatic rings. The Bertz CT molecular complexity index is 1170. The molecule has 0 heterocycles. The zero-order valence-electron chi connectivity index (χ0n) is 17.8. The number of hydrogen-bond donors (Lipinski definition) is 2. The van der Waals surface area contributed by atoms with Gasteiger partial charge in [0.05, 0.1) is 9.82 Å². The maximum atomic E-state index is 12.9. The van der Waals surface area contributed by atoms with Crippen molar-refractivity contribution in [3.05, 3.63) is 63.2 Å². The Kier molecular flexibility index (Phi) is 8.01. The molecular weight excluding hydrogens is 488 g/mol. The quantitative estimate of drug-likeness (QED) is 0.337. The molecular formula is C21H23ClN4O5S2. The first kappa shape index (κ1) is 25.0. The number of rotatable bonds is 6. The highest BCUT2D eigenvalue weighted by Crippen LogP contribution is 2.27. The number of nitrogens with one attached hydrogen (secondary N) is 2. The van der Waals surface area contributed by atoms with Crippen LogP contribution in [0.25, 0.3) is 0 Å². The number of carbonyl (C=O) groups is 1. The number of halogens is 1. The van der Waals surface area contributed by atoms with Crippen LogP contribution >= 0.6 is 23.8 Å². The first-order valence-electron chi connectivity index (χ1n) is 10.2. The second-order valence-corrected chi connectivity index (χ2v) is 10.5. The normalized spacial score (nSPS) is 14.6. The summed E-state index contributed by atoms with van der Waals surface area (Å²) in [4.78, 5) is 22.8. The summed E-state index contributed by atoms with van der Waals surface area (Å²) < 4.78 is 27.3. The van der Waals surface area contributed by atoms with Crippen LogP contribution in [-0.4, -0.2) is 41.8 Å². The summed E-state index contributed by atoms with van der Waals surface area (Å²) in [6.07, 6.45) is 4.91. The fraction of sp³-hybridized carbons (Fsp3) is 0.333. The number of benzene rings is 2. The zero-order valence-corrected chi connectivity index (χ0v) is 20.2. The molecule has 0 saturated heterocycles. The standard InChI is InChI=1S/C21H23ClN4O5S2/c1-25(16-5-3-2-4-6-16)33(30,31)17-10-8-15(9-11-17)23-21(32)24-20(27)14-7-12-18(22)19(13-14)26(28)29/h7-13,16H,2-6H2,1H3,(H2,23,24,27,32). The maximum Gasteiger partial charge on any atom is 0.288 e. The summed E-state index contributed by atoms with van der Waals surface area (Å²) in [5.41, 5.74) is 0.0993. The number of anilines is 1. The molecule has 0 unspecified atom stereocenters. The minimum Gasteiger partial charge on any atom is -0.332 e. The molecule has 2 N–H and O–H groups in total. The van der Waals surface area contributed by atoms with E-state index in [4.69, 9.17) is 23.8 Å². The van der Waals surface area contributed by atoms with Gasteiger partial charge in [-0.15, -0.1) is 0 Å². The van der Waals surface area contributed by atoms with Gasteiger partial charge in [-0.05, 0) is 61.5 Å². The molecule has 9 nitrogen and oxygen atoms in total. The van der Waals surface area contributed by atoms with Gasteiger partial charge < -0.3 is 5.32 Å². The second-order valence-electron chi connectivity index (χ2n) is 7.67. The van der Waals surface area contributed by atoms with Crippen LogP contribution in [0.5, 0.6) is 0 Å². The number of carbonyl (C=O) groups excluding carboxylic acids is 1. The number of nitro benzene ring substituents is 1. The largest absolute Gasteiger partial charge is 0.332 e. The van der Waals surface area contributed by atoms with Gasteiger partial charge in [-0.1, -0.05) is 30.9 Å². The van der Waals surface area contributed by atoms with Gasteiger partial charge in [0.25, 0.3) is 11.6 Å². The van der Waals surface area contributed by atoms with Crippen LogP contribution in [0.3, 0.4) is 0 Å². The summed E-state index contributed by atoms with van der Waals surface area (Å²) in [6.45, 7) is 0. The lowest BCUT2D eigenvalue weighted by molar-refractivity contribution is -0.384. The van der Waals surface area contributed by atoms with E-state index in [0.29, 0.717) is 5.69 Å². The van der Waals surface area contributed by atoms with Crippen molar-refractivity contribution in [2.75, 3.05) is 12.4 Å². The van der Waals surface area contributed by atoms with Gasteiger partial charge in [0.2, 0.25) is 10.0 Å². The van der Waals surface area contributed by atoms with Gasteiger partial charge in [0.15, 0.2) is 5.11 Å². The average molecular weight is 511 g/mol. The maximum absolute atomic E-state index is 12.9. The molecule has 1 amide bonds. The molecule has 0 spiro atoms. The van der Waals surface area contributed by atoms with Crippen molar-refractivity contribution in [3.63, 3.8) is 0 Å². The average Bonchev–Trinajstić information content (AvgIpc) is 2.79. The Labute approximate surface area is 202 Å². The summed E-state index contributed by atoms with van der Waals surface area (Å²) in [6, 6.07) is 9.72. The van der Waals surface area contributed by atoms with Crippen LogP contribution in [0.4, 0.5) is 11.4 Å². The summed E-state index contributed by atoms with van der Waals surface area (Å²) in [5.74, 6) is -0.652. The highest BCUT2D eigenvalue weighted by Gasteiger charge is 2.29. The second kappa shape index (κ2) is 10.6. The van der Waals surface area contributed by atoms with Crippen LogP contribution in [0.15, 0.2) is 47.4 Å². The molecule has 0 aromatic heterocycles. The van der Waals surface area contributed by atoms with Crippen molar-refractivity contribution in [2.24, 2.45) is 0 Å². The zero-order chi connectivity index (χ0) is 24.2. The SMILES string of the molecule is CN(C1CCCCC1)S(=O)(=O)c1ccc(NC(=S)NC(=O)c2ccc(Cl)c([N+](=O)[O-])c2)cc1. The Morgan fingerprint density at radius 1 is 1.15 bits per heavy atom. The molecule has 0 bridgehead atoms. The molecule has 33 heavy (non-hydrogen) atoms. The summed E-state index contributed by atoms with van der Waals surface area (Å²) in [5, 5.41) is 16.1. The number of nitro groups is 1. The van der Waals surface area contributed by atoms with Gasteiger partial charge in [0, 0.05) is 30.4 Å². The van der Waals surface area contributed by atoms with Crippen molar-refractivity contribution < 1.29 is 18.1 Å². The highest BCUT2D eigenvalue weighted by atomic mass is 35.5. The molecule has 1 fully saturated rings. The van der Waals surface area contributed by atoms with Gasteiger partial charge >= 0.3 is 0 Å². The van der Waals surface area contributed by atoms with E-state index in [-0.39, 0.29) is 26.6 Å². The van der Waals surface area contributed by atoms with E-state index in [0.717, 1.165) is 38.2 Å². The lowest BCUT2D eigenvalue weighted by Gasteiger charge is -2.30. The third kappa shape index (κ3) is 6.05. The minimum absolute atomic E-state index is 0.00744. The van der Waals surface area contributed by atoms with Crippen LogP contribution in [0, 0.1) is 10.1 Å². The molecule has 1 aliphatic rings. The van der Waals surface area contributed by atoms with Gasteiger partial charge in [-0.2, -0.15) is 4.31 Å². The molecule has 176 valence electrons. The van der Waals surface area contributed by atoms with Gasteiger partial charge in [-0.25, -0.2) is 8.42 Å². The number of nitrogens with zero attached hydrogens (tertiary/aromatic N) is 2. The van der Waals surface area contributed by atoms with Gasteiger partial charge in [0.1, 0.15) is 5.02 Å². The topological polar surface area (TPSA) is 122 Å². The molecule has 3 rings (SSSR count). The monoisotopic (exact) mass is 510 g/mol. The number of thiocarbonyl (C=S) groups is 1. The molecule has 2 aromatic carbocycles. The van der Waals surface area contributed by atoms with E-state index in [1.807, 2.05) is 0 Å². The Morgan fingerprint density at radius 3 is 2.39 bits per heavy atom. The molecule has 1 aliphatic carbocycles. The van der Waals surface area contributed by atoms with E-state index in [9.17, 15) is 23.3 Å². The lowest BCUT2D eigenvalue weighted by atomic mass is 9.96. The van der Waals surface area contributed by atoms with Crippen molar-refractivity contribution in [3.8, 4) is 0 Å². The van der Waals surface area contributed by atoms with Crippen molar-refractivity contribution >= 4 is 56.2 Å². The molecule has 1 saturated carbocycles. The first-order valence-corrected chi connectivity index (χ1v) is 12.5. The third-order valence-corrected chi connectivity index (χ3v) is 7.96. The molecule has 0 atom stereocenters. The third-order valence-electron chi connectivity index (χ3n) is 5.51. The van der Waals surface area contributed by atoms with Crippen molar-refractivity contribution in [1.82, 2.24) is 9.62 Å². The van der Waals surface area contributed by atoms with Crippen LogP contribution in [0.1, 0.15) is 42.5 Å². The number of sulfonamides is 1. The fourth-order valence-electron chi connectivity index (χ4n) is 3.65. The predicted octanol–water partition coefficient (Wildman–Crippen LogP) is 4.33. The molecule has 12 heteroatoms. The lowest BCUT2D eigenvalue weighted by Crippen LogP contribution is -2.38. The number of amides is 1. The van der Waals surface area contributed by atoms with Crippen molar-refractivity contribution in [2.45, 2.75) is 43.0 Å². The van der Waals surface area contributed by atoms with E-state index in [1.54, 1.807) is 19.2 Å². The van der Waals surface area contributed by atoms with Crippen molar-refractivity contribution in [1.29, 1.82) is 0 Å². The summed E-state index contributed by atoms with van der Waals surface area (Å²) in [7, 11) is -2.00. The fourth-order valence-corrected chi connectivity index (χ4v) is 5.46. The Hall–Kier alpha value is -2.60. The Morgan fingerprint density at radius 2 is 1.79 bits per heavy atom. The van der Waals surface area contributed by atoms with Crippen LogP contribution in [0.2, 0.25) is 5.02 Å². The van der Waals surface area contributed by atoms with E-state index < -0.39 is 26.5 Å². The Balaban J connectivity index is 1.63. The molecule has 0 radical (unpaired) electrons. The van der Waals surface area contributed by atoms with E-state index in [1.165, 1.54) is 28.6 Å². The van der Waals surface area contributed by atoms with Gasteiger partial charge in [-0.3, -0.25) is 20.2 Å². The van der Waals surface area contributed by atoms with E-state index in [2.05, 4.69) is 10.6 Å². The highest BCUT2D eigenvalue weighted by molar-refractivity contribution is 7.89. The van der Waals surface area contributed by atoms with E-state index >= 15 is 0 Å². The van der Waals surface area contributed by atoms with Crippen LogP contribution < -0.4 is 10.6 Å². The van der Waals surface area contributed by atoms with Crippen LogP contribution in [-0.2, 0) is 10.0 Å².